The molecular formula is C13H22BrNOS. The first-order valence-corrected chi connectivity index (χ1v) is 8.79. The van der Waals surface area contributed by atoms with Crippen LogP contribution in [-0.2, 0) is 4.79 Å². The van der Waals surface area contributed by atoms with Crippen LogP contribution in [0.15, 0.2) is 0 Å². The summed E-state index contributed by atoms with van der Waals surface area (Å²) in [7, 11) is 0. The zero-order chi connectivity index (χ0) is 12.3. The average molecular weight is 320 g/mol. The van der Waals surface area contributed by atoms with Gasteiger partial charge in [-0.25, -0.2) is 0 Å². The lowest BCUT2D eigenvalue weighted by Gasteiger charge is -2.41. The Morgan fingerprint density at radius 1 is 1.35 bits per heavy atom. The lowest BCUT2D eigenvalue weighted by atomic mass is 9.87. The molecule has 0 spiro atoms. The van der Waals surface area contributed by atoms with Crippen molar-refractivity contribution in [1.82, 2.24) is 4.90 Å². The largest absolute Gasteiger partial charge is 0.340 e. The van der Waals surface area contributed by atoms with E-state index < -0.39 is 0 Å². The summed E-state index contributed by atoms with van der Waals surface area (Å²) >= 11 is 5.48. The molecule has 1 saturated carbocycles. The van der Waals surface area contributed by atoms with Gasteiger partial charge in [-0.05, 0) is 31.9 Å². The zero-order valence-electron chi connectivity index (χ0n) is 10.6. The van der Waals surface area contributed by atoms with Crippen LogP contribution in [0.3, 0.4) is 0 Å². The highest BCUT2D eigenvalue weighted by molar-refractivity contribution is 9.10. The van der Waals surface area contributed by atoms with Gasteiger partial charge < -0.3 is 4.90 Å². The van der Waals surface area contributed by atoms with Crippen molar-refractivity contribution >= 4 is 33.6 Å². The van der Waals surface area contributed by atoms with Crippen LogP contribution in [0.4, 0.5) is 0 Å². The summed E-state index contributed by atoms with van der Waals surface area (Å²) in [5.74, 6) is 0.315. The molecule has 1 heterocycles. The third kappa shape index (κ3) is 3.19. The van der Waals surface area contributed by atoms with Crippen molar-refractivity contribution in [2.24, 2.45) is 0 Å². The Morgan fingerprint density at radius 2 is 2.06 bits per heavy atom. The molecule has 2 aliphatic rings. The number of amides is 1. The van der Waals surface area contributed by atoms with Crippen LogP contribution < -0.4 is 0 Å². The van der Waals surface area contributed by atoms with Gasteiger partial charge in [0.05, 0.1) is 4.83 Å². The van der Waals surface area contributed by atoms with E-state index in [0.717, 1.165) is 25.9 Å². The number of alkyl halides is 1. The summed E-state index contributed by atoms with van der Waals surface area (Å²) in [6.45, 7) is 1.93. The first-order valence-electron chi connectivity index (χ1n) is 6.65. The van der Waals surface area contributed by atoms with Crippen LogP contribution in [0.2, 0.25) is 0 Å². The molecular weight excluding hydrogens is 298 g/mol. The van der Waals surface area contributed by atoms with Crippen LogP contribution in [0.5, 0.6) is 0 Å². The molecule has 2 fully saturated rings. The maximum Gasteiger partial charge on any atom is 0.236 e. The topological polar surface area (TPSA) is 20.3 Å². The summed E-state index contributed by atoms with van der Waals surface area (Å²) < 4.78 is 0.345. The molecule has 1 amide bonds. The summed E-state index contributed by atoms with van der Waals surface area (Å²) in [4.78, 5) is 14.3. The molecule has 0 N–H and O–H groups in total. The molecule has 0 radical (unpaired) electrons. The van der Waals surface area contributed by atoms with Crippen molar-refractivity contribution in [3.05, 3.63) is 0 Å². The van der Waals surface area contributed by atoms with E-state index in [1.54, 1.807) is 0 Å². The number of thioether (sulfide) groups is 1. The molecule has 1 aliphatic carbocycles. The minimum Gasteiger partial charge on any atom is -0.340 e. The Balaban J connectivity index is 1.99. The quantitative estimate of drug-likeness (QED) is 0.743. The van der Waals surface area contributed by atoms with Gasteiger partial charge in [-0.2, -0.15) is 11.8 Å². The lowest BCUT2D eigenvalue weighted by Crippen LogP contribution is -2.49. The third-order valence-corrected chi connectivity index (χ3v) is 6.39. The van der Waals surface area contributed by atoms with E-state index in [1.165, 1.54) is 32.1 Å². The van der Waals surface area contributed by atoms with Gasteiger partial charge in [0, 0.05) is 17.8 Å². The molecule has 2 nitrogen and oxygen atoms in total. The average Bonchev–Trinajstić information content (AvgIpc) is 2.36. The minimum absolute atomic E-state index is 0.0683. The lowest BCUT2D eigenvalue weighted by molar-refractivity contribution is -0.132. The first kappa shape index (κ1) is 13.7. The van der Waals surface area contributed by atoms with E-state index >= 15 is 0 Å². The highest BCUT2D eigenvalue weighted by Crippen LogP contribution is 2.39. The number of halogens is 1. The number of piperidine rings is 1. The second-order valence-corrected chi connectivity index (χ2v) is 7.70. The van der Waals surface area contributed by atoms with E-state index in [0.29, 0.717) is 10.7 Å². The van der Waals surface area contributed by atoms with Crippen molar-refractivity contribution in [2.75, 3.05) is 19.3 Å². The molecule has 0 aromatic heterocycles. The maximum atomic E-state index is 12.1. The molecule has 0 aromatic carbocycles. The molecule has 1 aliphatic heterocycles. The molecule has 17 heavy (non-hydrogen) atoms. The fourth-order valence-corrected chi connectivity index (χ4v) is 4.62. The number of nitrogens with zero attached hydrogens (tertiary/aromatic N) is 1. The van der Waals surface area contributed by atoms with Gasteiger partial charge in [-0.1, -0.05) is 35.2 Å². The molecule has 1 unspecified atom stereocenters. The van der Waals surface area contributed by atoms with Crippen molar-refractivity contribution in [3.8, 4) is 0 Å². The third-order valence-electron chi connectivity index (χ3n) is 4.14. The predicted molar refractivity (Wildman–Crippen MR) is 77.9 cm³/mol. The maximum absolute atomic E-state index is 12.1. The number of likely N-dealkylation sites (tertiary alicyclic amines) is 1. The monoisotopic (exact) mass is 319 g/mol. The van der Waals surface area contributed by atoms with E-state index in [9.17, 15) is 4.79 Å². The number of hydrogen-bond acceptors (Lipinski definition) is 2. The van der Waals surface area contributed by atoms with Gasteiger partial charge in [-0.15, -0.1) is 0 Å². The number of rotatable bonds is 3. The van der Waals surface area contributed by atoms with Crippen LogP contribution in [-0.4, -0.2) is 39.7 Å². The molecule has 1 saturated heterocycles. The number of carbonyl (C=O) groups excluding carboxylic acids is 1. The molecule has 1 atom stereocenters. The van der Waals surface area contributed by atoms with Gasteiger partial charge in [0.1, 0.15) is 0 Å². The standard InChI is InChI=1S/C13H22BrNOS/c1-17-13(7-3-2-4-8-13)10-15-9-5-6-11(14)12(15)16/h11H,2-10H2,1H3. The highest BCUT2D eigenvalue weighted by Gasteiger charge is 2.36. The van der Waals surface area contributed by atoms with Crippen LogP contribution in [0.25, 0.3) is 0 Å². The van der Waals surface area contributed by atoms with Crippen molar-refractivity contribution in [3.63, 3.8) is 0 Å². The van der Waals surface area contributed by atoms with E-state index in [4.69, 9.17) is 0 Å². The van der Waals surface area contributed by atoms with Gasteiger partial charge in [-0.3, -0.25) is 4.79 Å². The smallest absolute Gasteiger partial charge is 0.236 e. The SMILES string of the molecule is CSC1(CN2CCCC(Br)C2=O)CCCCC1. The predicted octanol–water partition coefficient (Wildman–Crippen LogP) is 3.44. The normalized spacial score (nSPS) is 29.4. The summed E-state index contributed by atoms with van der Waals surface area (Å²) in [6, 6.07) is 0. The highest BCUT2D eigenvalue weighted by atomic mass is 79.9. The van der Waals surface area contributed by atoms with Crippen LogP contribution >= 0.6 is 27.7 Å². The molecule has 0 bridgehead atoms. The van der Waals surface area contributed by atoms with E-state index in [2.05, 4.69) is 27.1 Å². The Bertz CT molecular complexity index is 279. The molecule has 4 heteroatoms. The van der Waals surface area contributed by atoms with Crippen LogP contribution in [0.1, 0.15) is 44.9 Å². The fourth-order valence-electron chi connectivity index (χ4n) is 3.02. The van der Waals surface area contributed by atoms with Gasteiger partial charge in [0.25, 0.3) is 0 Å². The Labute approximate surface area is 117 Å². The van der Waals surface area contributed by atoms with Crippen molar-refractivity contribution in [2.45, 2.75) is 54.5 Å². The van der Waals surface area contributed by atoms with Gasteiger partial charge >= 0.3 is 0 Å². The van der Waals surface area contributed by atoms with Crippen molar-refractivity contribution < 1.29 is 4.79 Å². The van der Waals surface area contributed by atoms with Gasteiger partial charge in [0.2, 0.25) is 5.91 Å². The van der Waals surface area contributed by atoms with Gasteiger partial charge in [0.15, 0.2) is 0 Å². The fraction of sp³-hybridized carbons (Fsp3) is 0.923. The van der Waals surface area contributed by atoms with E-state index in [1.807, 2.05) is 11.8 Å². The van der Waals surface area contributed by atoms with Crippen LogP contribution in [0, 0.1) is 0 Å². The summed E-state index contributed by atoms with van der Waals surface area (Å²) in [6.07, 6.45) is 11.0. The van der Waals surface area contributed by atoms with E-state index in [-0.39, 0.29) is 4.83 Å². The Kier molecular flexibility index (Phi) is 4.81. The number of hydrogen-bond donors (Lipinski definition) is 0. The molecule has 0 aromatic rings. The van der Waals surface area contributed by atoms with Crippen molar-refractivity contribution in [1.29, 1.82) is 0 Å². The Hall–Kier alpha value is 0.300. The molecule has 2 rings (SSSR count). The zero-order valence-corrected chi connectivity index (χ0v) is 13.0. The first-order chi connectivity index (χ1) is 8.17. The second kappa shape index (κ2) is 5.96. The summed E-state index contributed by atoms with van der Waals surface area (Å²) in [5.41, 5.74) is 0. The Morgan fingerprint density at radius 3 is 2.71 bits per heavy atom. The minimum atomic E-state index is 0.0683. The number of carbonyl (C=O) groups is 1. The second-order valence-electron chi connectivity index (χ2n) is 5.32. The molecule has 98 valence electrons. The summed E-state index contributed by atoms with van der Waals surface area (Å²) in [5, 5.41) is 0.